The molecule has 20 heavy (non-hydrogen) atoms. The summed E-state index contributed by atoms with van der Waals surface area (Å²) in [6.45, 7) is 3.96. The molecule has 3 nitrogen and oxygen atoms in total. The lowest BCUT2D eigenvalue weighted by Gasteiger charge is -2.15. The van der Waals surface area contributed by atoms with Crippen LogP contribution in [-0.2, 0) is 0 Å². The number of nitrogens with zero attached hydrogens (tertiary/aromatic N) is 1. The van der Waals surface area contributed by atoms with Crippen LogP contribution in [0.1, 0.15) is 17.0 Å². The highest BCUT2D eigenvalue weighted by Crippen LogP contribution is 2.30. The predicted molar refractivity (Wildman–Crippen MR) is 91.1 cm³/mol. The summed E-state index contributed by atoms with van der Waals surface area (Å²) in [5, 5.41) is 3.38. The molecule has 0 atom stereocenters. The minimum atomic E-state index is 0.398. The van der Waals surface area contributed by atoms with E-state index in [4.69, 9.17) is 18.0 Å². The monoisotopic (exact) mass is 303 g/mol. The Morgan fingerprint density at radius 1 is 1.20 bits per heavy atom. The van der Waals surface area contributed by atoms with Crippen LogP contribution >= 0.6 is 24.0 Å². The van der Waals surface area contributed by atoms with Crippen molar-refractivity contribution < 1.29 is 0 Å². The van der Waals surface area contributed by atoms with Crippen molar-refractivity contribution in [1.29, 1.82) is 0 Å². The molecule has 1 aromatic heterocycles. The number of pyridine rings is 1. The van der Waals surface area contributed by atoms with Crippen LogP contribution in [0.4, 0.5) is 11.4 Å². The van der Waals surface area contributed by atoms with Crippen LogP contribution in [0, 0.1) is 13.8 Å². The second kappa shape index (κ2) is 6.24. The fourth-order valence-electron chi connectivity index (χ4n) is 2.02. The predicted octanol–water partition coefficient (Wildman–Crippen LogP) is 3.80. The molecule has 0 amide bonds. The van der Waals surface area contributed by atoms with Crippen molar-refractivity contribution in [2.45, 2.75) is 18.7 Å². The number of anilines is 2. The van der Waals surface area contributed by atoms with E-state index < -0.39 is 0 Å². The average molecular weight is 303 g/mol. The normalized spacial score (nSPS) is 10.3. The molecular formula is C15H17N3S2. The molecule has 1 heterocycles. The highest BCUT2D eigenvalue weighted by Gasteiger charge is 2.11. The summed E-state index contributed by atoms with van der Waals surface area (Å²) in [5.41, 5.74) is 10.6. The van der Waals surface area contributed by atoms with Gasteiger partial charge in [0.2, 0.25) is 0 Å². The van der Waals surface area contributed by atoms with Gasteiger partial charge in [-0.15, -0.1) is 11.8 Å². The molecule has 0 aliphatic rings. The summed E-state index contributed by atoms with van der Waals surface area (Å²) in [6.07, 6.45) is 2.01. The Labute approximate surface area is 129 Å². The van der Waals surface area contributed by atoms with Gasteiger partial charge in [-0.1, -0.05) is 18.3 Å². The smallest absolute Gasteiger partial charge is 0.107 e. The molecule has 0 saturated heterocycles. The van der Waals surface area contributed by atoms with Gasteiger partial charge in [0.1, 0.15) is 4.99 Å². The number of thiocarbonyl (C=S) groups is 1. The fraction of sp³-hybridized carbons (Fsp3) is 0.200. The first-order valence-electron chi connectivity index (χ1n) is 6.21. The molecule has 0 aliphatic heterocycles. The van der Waals surface area contributed by atoms with Crippen LogP contribution in [0.25, 0.3) is 0 Å². The van der Waals surface area contributed by atoms with Crippen LogP contribution in [0.2, 0.25) is 0 Å². The third-order valence-corrected chi connectivity index (χ3v) is 3.97. The van der Waals surface area contributed by atoms with E-state index in [9.17, 15) is 0 Å². The first kappa shape index (κ1) is 14.8. The first-order valence-corrected chi connectivity index (χ1v) is 7.84. The number of nitrogens with one attached hydrogen (secondary N) is 1. The van der Waals surface area contributed by atoms with E-state index in [1.807, 2.05) is 50.4 Å². The molecule has 5 heteroatoms. The summed E-state index contributed by atoms with van der Waals surface area (Å²) in [5.74, 6) is 0. The van der Waals surface area contributed by atoms with Crippen molar-refractivity contribution in [3.63, 3.8) is 0 Å². The topological polar surface area (TPSA) is 50.9 Å². The van der Waals surface area contributed by atoms with E-state index >= 15 is 0 Å². The first-order chi connectivity index (χ1) is 9.52. The molecular weight excluding hydrogens is 286 g/mol. The van der Waals surface area contributed by atoms with Gasteiger partial charge in [-0.2, -0.15) is 0 Å². The number of aryl methyl sites for hydroxylation is 2. The zero-order chi connectivity index (χ0) is 14.7. The number of hydrogen-bond acceptors (Lipinski definition) is 4. The largest absolute Gasteiger partial charge is 0.389 e. The van der Waals surface area contributed by atoms with E-state index in [2.05, 4.69) is 10.3 Å². The van der Waals surface area contributed by atoms with Crippen LogP contribution < -0.4 is 11.1 Å². The molecule has 0 aliphatic carbocycles. The SMILES string of the molecule is CSc1cccc(Nc2ccc(C)nc2C)c1C(N)=S. The van der Waals surface area contributed by atoms with Gasteiger partial charge in [-0.25, -0.2) is 0 Å². The highest BCUT2D eigenvalue weighted by molar-refractivity contribution is 7.98. The van der Waals surface area contributed by atoms with Crippen LogP contribution in [0.3, 0.4) is 0 Å². The van der Waals surface area contributed by atoms with Crippen molar-refractivity contribution in [1.82, 2.24) is 4.98 Å². The Balaban J connectivity index is 2.45. The highest BCUT2D eigenvalue weighted by atomic mass is 32.2. The van der Waals surface area contributed by atoms with E-state index in [1.165, 1.54) is 0 Å². The summed E-state index contributed by atoms with van der Waals surface area (Å²) in [6, 6.07) is 9.99. The number of aromatic nitrogens is 1. The van der Waals surface area contributed by atoms with Crippen molar-refractivity contribution in [2.24, 2.45) is 5.73 Å². The van der Waals surface area contributed by atoms with Gasteiger partial charge in [-0.05, 0) is 44.4 Å². The van der Waals surface area contributed by atoms with E-state index in [0.29, 0.717) is 4.99 Å². The van der Waals surface area contributed by atoms with Crippen LogP contribution in [-0.4, -0.2) is 16.2 Å². The van der Waals surface area contributed by atoms with Gasteiger partial charge in [0.15, 0.2) is 0 Å². The lowest BCUT2D eigenvalue weighted by atomic mass is 10.1. The second-order valence-electron chi connectivity index (χ2n) is 4.46. The maximum absolute atomic E-state index is 5.87. The summed E-state index contributed by atoms with van der Waals surface area (Å²) in [4.78, 5) is 5.92. The summed E-state index contributed by atoms with van der Waals surface area (Å²) in [7, 11) is 0. The lowest BCUT2D eigenvalue weighted by molar-refractivity contribution is 1.12. The fourth-order valence-corrected chi connectivity index (χ4v) is 2.95. The van der Waals surface area contributed by atoms with Crippen LogP contribution in [0.15, 0.2) is 35.2 Å². The summed E-state index contributed by atoms with van der Waals surface area (Å²) >= 11 is 6.81. The van der Waals surface area contributed by atoms with Crippen molar-refractivity contribution in [3.8, 4) is 0 Å². The maximum atomic E-state index is 5.87. The van der Waals surface area contributed by atoms with Crippen molar-refractivity contribution in [2.75, 3.05) is 11.6 Å². The molecule has 0 fully saturated rings. The Hall–Kier alpha value is -1.59. The number of rotatable bonds is 4. The Bertz CT molecular complexity index is 654. The minimum Gasteiger partial charge on any atom is -0.389 e. The zero-order valence-corrected chi connectivity index (χ0v) is 13.4. The average Bonchev–Trinajstić information content (AvgIpc) is 2.41. The molecule has 2 aromatic rings. The standard InChI is InChI=1S/C15H17N3S2/c1-9-7-8-11(10(2)17-9)18-12-5-4-6-13(20-3)14(12)15(16)19/h4-8,18H,1-3H3,(H2,16,19). The van der Waals surface area contributed by atoms with Crippen molar-refractivity contribution >= 4 is 40.3 Å². The molecule has 0 saturated carbocycles. The molecule has 3 N–H and O–H groups in total. The number of hydrogen-bond donors (Lipinski definition) is 2. The molecule has 0 unspecified atom stereocenters. The third kappa shape index (κ3) is 3.11. The van der Waals surface area contributed by atoms with Crippen molar-refractivity contribution in [3.05, 3.63) is 47.3 Å². The number of nitrogens with two attached hydrogens (primary N) is 1. The second-order valence-corrected chi connectivity index (χ2v) is 5.75. The van der Waals surface area contributed by atoms with Gasteiger partial charge in [0.05, 0.1) is 11.4 Å². The van der Waals surface area contributed by atoms with Gasteiger partial charge in [0, 0.05) is 21.8 Å². The molecule has 2 rings (SSSR count). The zero-order valence-electron chi connectivity index (χ0n) is 11.7. The molecule has 1 aromatic carbocycles. The lowest BCUT2D eigenvalue weighted by Crippen LogP contribution is -2.13. The quantitative estimate of drug-likeness (QED) is 0.664. The van der Waals surface area contributed by atoms with Gasteiger partial charge in [-0.3, -0.25) is 4.98 Å². The Morgan fingerprint density at radius 2 is 1.95 bits per heavy atom. The van der Waals surface area contributed by atoms with E-state index in [1.54, 1.807) is 11.8 Å². The maximum Gasteiger partial charge on any atom is 0.107 e. The van der Waals surface area contributed by atoms with Gasteiger partial charge < -0.3 is 11.1 Å². The van der Waals surface area contributed by atoms with Gasteiger partial charge >= 0.3 is 0 Å². The molecule has 0 bridgehead atoms. The van der Waals surface area contributed by atoms with E-state index in [0.717, 1.165) is 33.2 Å². The summed E-state index contributed by atoms with van der Waals surface area (Å²) < 4.78 is 0. The number of thioether (sulfide) groups is 1. The molecule has 0 radical (unpaired) electrons. The molecule has 104 valence electrons. The van der Waals surface area contributed by atoms with Crippen LogP contribution in [0.5, 0.6) is 0 Å². The number of benzene rings is 1. The van der Waals surface area contributed by atoms with E-state index in [-0.39, 0.29) is 0 Å². The Morgan fingerprint density at radius 3 is 2.55 bits per heavy atom. The van der Waals surface area contributed by atoms with Gasteiger partial charge in [0.25, 0.3) is 0 Å². The third-order valence-electron chi connectivity index (χ3n) is 2.99. The molecule has 0 spiro atoms. The minimum absolute atomic E-state index is 0.398. The Kier molecular flexibility index (Phi) is 4.62.